The number of rotatable bonds is 1. The molecule has 1 saturated heterocycles. The molecule has 1 aliphatic rings. The standard InChI is InChI=1S/C12H18N2O/c1-12(2,3)9-4-5-13-11(6-9)14-7-10(15)8-14/h4-6,10,15H,7-8H2,1-3H3. The minimum absolute atomic E-state index is 0.154. The van der Waals surface area contributed by atoms with Gasteiger partial charge in [-0.1, -0.05) is 20.8 Å². The van der Waals surface area contributed by atoms with Crippen molar-refractivity contribution in [3.05, 3.63) is 23.9 Å². The largest absolute Gasteiger partial charge is 0.389 e. The topological polar surface area (TPSA) is 36.4 Å². The summed E-state index contributed by atoms with van der Waals surface area (Å²) in [4.78, 5) is 6.42. The molecule has 1 aliphatic heterocycles. The van der Waals surface area contributed by atoms with Crippen molar-refractivity contribution >= 4 is 5.82 Å². The van der Waals surface area contributed by atoms with Crippen molar-refractivity contribution in [3.63, 3.8) is 0 Å². The molecule has 0 atom stereocenters. The zero-order valence-corrected chi connectivity index (χ0v) is 9.57. The lowest BCUT2D eigenvalue weighted by Gasteiger charge is -2.37. The zero-order valence-electron chi connectivity index (χ0n) is 9.57. The first-order valence-electron chi connectivity index (χ1n) is 5.36. The van der Waals surface area contributed by atoms with Crippen LogP contribution in [0.1, 0.15) is 26.3 Å². The number of aliphatic hydroxyl groups is 1. The average molecular weight is 206 g/mol. The summed E-state index contributed by atoms with van der Waals surface area (Å²) >= 11 is 0. The minimum Gasteiger partial charge on any atom is -0.389 e. The van der Waals surface area contributed by atoms with E-state index in [2.05, 4.69) is 42.8 Å². The van der Waals surface area contributed by atoms with E-state index in [0.29, 0.717) is 13.1 Å². The molecule has 0 radical (unpaired) electrons. The van der Waals surface area contributed by atoms with Crippen LogP contribution in [0.2, 0.25) is 0 Å². The Morgan fingerprint density at radius 3 is 2.60 bits per heavy atom. The average Bonchev–Trinajstić information content (AvgIpc) is 2.12. The molecule has 3 heteroatoms. The molecule has 0 aliphatic carbocycles. The maximum Gasteiger partial charge on any atom is 0.128 e. The molecule has 82 valence electrons. The summed E-state index contributed by atoms with van der Waals surface area (Å²) in [6, 6.07) is 4.17. The van der Waals surface area contributed by atoms with E-state index >= 15 is 0 Å². The summed E-state index contributed by atoms with van der Waals surface area (Å²) in [6.45, 7) is 7.99. The van der Waals surface area contributed by atoms with E-state index in [9.17, 15) is 5.11 Å². The van der Waals surface area contributed by atoms with Gasteiger partial charge in [0.05, 0.1) is 6.10 Å². The quantitative estimate of drug-likeness (QED) is 0.757. The minimum atomic E-state index is -0.176. The van der Waals surface area contributed by atoms with E-state index in [1.807, 2.05) is 6.20 Å². The van der Waals surface area contributed by atoms with Crippen LogP contribution >= 0.6 is 0 Å². The fourth-order valence-corrected chi connectivity index (χ4v) is 1.70. The Morgan fingerprint density at radius 2 is 2.07 bits per heavy atom. The molecule has 2 rings (SSSR count). The van der Waals surface area contributed by atoms with Gasteiger partial charge in [0, 0.05) is 19.3 Å². The molecule has 0 amide bonds. The van der Waals surface area contributed by atoms with E-state index in [-0.39, 0.29) is 11.5 Å². The van der Waals surface area contributed by atoms with Crippen LogP contribution in [0.5, 0.6) is 0 Å². The monoisotopic (exact) mass is 206 g/mol. The van der Waals surface area contributed by atoms with Crippen LogP contribution in [-0.2, 0) is 5.41 Å². The molecule has 15 heavy (non-hydrogen) atoms. The second kappa shape index (κ2) is 3.49. The van der Waals surface area contributed by atoms with Crippen LogP contribution in [-0.4, -0.2) is 29.3 Å². The fraction of sp³-hybridized carbons (Fsp3) is 0.583. The number of aliphatic hydroxyl groups excluding tert-OH is 1. The molecule has 0 bridgehead atoms. The Bertz CT molecular complexity index is 351. The molecular weight excluding hydrogens is 188 g/mol. The second-order valence-electron chi connectivity index (χ2n) is 5.21. The summed E-state index contributed by atoms with van der Waals surface area (Å²) in [6.07, 6.45) is 1.67. The zero-order chi connectivity index (χ0) is 11.1. The van der Waals surface area contributed by atoms with Gasteiger partial charge in [-0.25, -0.2) is 4.98 Å². The van der Waals surface area contributed by atoms with Gasteiger partial charge in [-0.3, -0.25) is 0 Å². The number of β-amino-alcohol motifs (C(OH)–C–C–N with tert-alkyl or cyclic N) is 1. The third kappa shape index (κ3) is 2.12. The van der Waals surface area contributed by atoms with Crippen LogP contribution < -0.4 is 4.90 Å². The first-order chi connectivity index (χ1) is 6.97. The predicted octanol–water partition coefficient (Wildman–Crippen LogP) is 1.56. The van der Waals surface area contributed by atoms with Crippen molar-refractivity contribution < 1.29 is 5.11 Å². The highest BCUT2D eigenvalue weighted by molar-refractivity contribution is 5.45. The third-order valence-corrected chi connectivity index (χ3v) is 2.80. The van der Waals surface area contributed by atoms with Crippen LogP contribution in [0.4, 0.5) is 5.82 Å². The van der Waals surface area contributed by atoms with E-state index in [1.54, 1.807) is 0 Å². The normalized spacial score (nSPS) is 17.7. The van der Waals surface area contributed by atoms with Gasteiger partial charge < -0.3 is 10.0 Å². The van der Waals surface area contributed by atoms with Gasteiger partial charge in [-0.15, -0.1) is 0 Å². The molecular formula is C12H18N2O. The van der Waals surface area contributed by atoms with E-state index in [0.717, 1.165) is 5.82 Å². The maximum atomic E-state index is 9.24. The predicted molar refractivity (Wildman–Crippen MR) is 61.2 cm³/mol. The number of hydrogen-bond acceptors (Lipinski definition) is 3. The van der Waals surface area contributed by atoms with E-state index in [1.165, 1.54) is 5.56 Å². The Labute approximate surface area is 90.8 Å². The number of aromatic nitrogens is 1. The van der Waals surface area contributed by atoms with Gasteiger partial charge >= 0.3 is 0 Å². The van der Waals surface area contributed by atoms with Gasteiger partial charge in [-0.05, 0) is 23.1 Å². The van der Waals surface area contributed by atoms with Crippen molar-refractivity contribution in [2.45, 2.75) is 32.3 Å². The highest BCUT2D eigenvalue weighted by atomic mass is 16.3. The van der Waals surface area contributed by atoms with Gasteiger partial charge in [0.2, 0.25) is 0 Å². The summed E-state index contributed by atoms with van der Waals surface area (Å²) in [7, 11) is 0. The van der Waals surface area contributed by atoms with Crippen molar-refractivity contribution in [2.24, 2.45) is 0 Å². The fourth-order valence-electron chi connectivity index (χ4n) is 1.70. The first-order valence-corrected chi connectivity index (χ1v) is 5.36. The van der Waals surface area contributed by atoms with Gasteiger partial charge in [0.15, 0.2) is 0 Å². The Kier molecular flexibility index (Phi) is 2.43. The molecule has 2 heterocycles. The molecule has 3 nitrogen and oxygen atoms in total. The molecule has 0 saturated carbocycles. The highest BCUT2D eigenvalue weighted by Gasteiger charge is 2.26. The number of nitrogens with zero attached hydrogens (tertiary/aromatic N) is 2. The lowest BCUT2D eigenvalue weighted by molar-refractivity contribution is 0.141. The third-order valence-electron chi connectivity index (χ3n) is 2.80. The van der Waals surface area contributed by atoms with E-state index in [4.69, 9.17) is 0 Å². The lowest BCUT2D eigenvalue weighted by atomic mass is 9.87. The highest BCUT2D eigenvalue weighted by Crippen LogP contribution is 2.26. The molecule has 1 aromatic heterocycles. The number of anilines is 1. The molecule has 0 spiro atoms. The molecule has 0 aromatic carbocycles. The van der Waals surface area contributed by atoms with Gasteiger partial charge in [0.25, 0.3) is 0 Å². The SMILES string of the molecule is CC(C)(C)c1ccnc(N2CC(O)C2)c1. The summed E-state index contributed by atoms with van der Waals surface area (Å²) < 4.78 is 0. The molecule has 0 unspecified atom stereocenters. The van der Waals surface area contributed by atoms with Crippen molar-refractivity contribution in [2.75, 3.05) is 18.0 Å². The molecule has 1 aromatic rings. The number of pyridine rings is 1. The van der Waals surface area contributed by atoms with Crippen LogP contribution in [0.3, 0.4) is 0 Å². The van der Waals surface area contributed by atoms with Gasteiger partial charge in [-0.2, -0.15) is 0 Å². The Balaban J connectivity index is 2.20. The summed E-state index contributed by atoms with van der Waals surface area (Å²) in [5, 5.41) is 9.24. The Hall–Kier alpha value is -1.09. The number of hydrogen-bond donors (Lipinski definition) is 1. The smallest absolute Gasteiger partial charge is 0.128 e. The van der Waals surface area contributed by atoms with Gasteiger partial charge in [0.1, 0.15) is 5.82 Å². The van der Waals surface area contributed by atoms with Crippen LogP contribution in [0.15, 0.2) is 18.3 Å². The summed E-state index contributed by atoms with van der Waals surface area (Å²) in [5.41, 5.74) is 1.44. The van der Waals surface area contributed by atoms with Crippen LogP contribution in [0.25, 0.3) is 0 Å². The second-order valence-corrected chi connectivity index (χ2v) is 5.21. The van der Waals surface area contributed by atoms with Crippen molar-refractivity contribution in [1.82, 2.24) is 4.98 Å². The lowest BCUT2D eigenvalue weighted by Crippen LogP contribution is -2.51. The van der Waals surface area contributed by atoms with Crippen LogP contribution in [0, 0.1) is 0 Å². The van der Waals surface area contributed by atoms with Crippen molar-refractivity contribution in [3.8, 4) is 0 Å². The molecule has 1 fully saturated rings. The summed E-state index contributed by atoms with van der Waals surface area (Å²) in [5.74, 6) is 0.979. The molecule has 1 N–H and O–H groups in total. The van der Waals surface area contributed by atoms with E-state index < -0.39 is 0 Å². The van der Waals surface area contributed by atoms with Crippen molar-refractivity contribution in [1.29, 1.82) is 0 Å². The maximum absolute atomic E-state index is 9.24. The Morgan fingerprint density at radius 1 is 1.40 bits per heavy atom. The first kappa shape index (κ1) is 10.4.